The van der Waals surface area contributed by atoms with E-state index in [1.165, 1.54) is 9.80 Å². The molecule has 2 aliphatic rings. The normalized spacial score (nSPS) is 19.8. The Morgan fingerprint density at radius 1 is 0.852 bits per heavy atom. The lowest BCUT2D eigenvalue weighted by molar-refractivity contribution is -0.0630. The maximum Gasteiger partial charge on any atom is 0.407 e. The van der Waals surface area contributed by atoms with E-state index in [1.807, 2.05) is 6.07 Å². The van der Waals surface area contributed by atoms with Crippen LogP contribution in [0.25, 0.3) is 0 Å². The molecule has 0 saturated carbocycles. The zero-order valence-corrected chi connectivity index (χ0v) is 38.5. The van der Waals surface area contributed by atoms with Crippen LogP contribution < -0.4 is 9.64 Å². The number of anilines is 1. The lowest BCUT2D eigenvalue weighted by Crippen LogP contribution is -2.59. The van der Waals surface area contributed by atoms with Gasteiger partial charge in [0.25, 0.3) is 0 Å². The van der Waals surface area contributed by atoms with Crippen molar-refractivity contribution in [1.82, 2.24) is 4.90 Å². The Morgan fingerprint density at radius 3 is 1.98 bits per heavy atom. The van der Waals surface area contributed by atoms with Gasteiger partial charge in [0, 0.05) is 37.6 Å². The Balaban J connectivity index is 1.74. The number of hydrogen-bond acceptors (Lipinski definition) is 7. The minimum Gasteiger partial charge on any atom is -0.490 e. The summed E-state index contributed by atoms with van der Waals surface area (Å²) in [6.07, 6.45) is -0.713. The molecule has 4 rings (SSSR count). The third-order valence-corrected chi connectivity index (χ3v) is 30.8. The Kier molecular flexibility index (Phi) is 16.1. The lowest BCUT2D eigenvalue weighted by atomic mass is 9.84. The van der Waals surface area contributed by atoms with Gasteiger partial charge in [-0.05, 0) is 75.1 Å². The first-order chi connectivity index (χ1) is 25.5. The molecular weight excluding hydrogens is 729 g/mol. The number of likely N-dealkylation sites (tertiary alicyclic amines) is 1. The molecule has 304 valence electrons. The first kappa shape index (κ1) is 44.7. The molecule has 11 heteroatoms. The van der Waals surface area contributed by atoms with Crippen LogP contribution in [0, 0.1) is 0 Å². The smallest absolute Gasteiger partial charge is 0.407 e. The SMILES string of the molecule is COCCCN1CCOc2ccc(CO[C@H]3CN(C(=O)O)C[C@@H](O[Si](C(C)C)(C(C)C)C(C)C)[C@@H]3c3ccc(S[Si](C(C)C)(C(C)C)C(C)C)cc3)cc21. The molecular formula is C43H72N2O6SSi2. The summed E-state index contributed by atoms with van der Waals surface area (Å²) < 4.78 is 25.8. The van der Waals surface area contributed by atoms with Crippen molar-refractivity contribution in [1.29, 1.82) is 0 Å². The van der Waals surface area contributed by atoms with Crippen molar-refractivity contribution < 1.29 is 28.5 Å². The van der Waals surface area contributed by atoms with Gasteiger partial charge in [0.15, 0.2) is 0 Å². The fraction of sp³-hybridized carbons (Fsp3) is 0.698. The minimum absolute atomic E-state index is 0.128. The van der Waals surface area contributed by atoms with Crippen molar-refractivity contribution in [3.05, 3.63) is 53.6 Å². The number of rotatable bonds is 18. The highest BCUT2D eigenvalue weighted by Crippen LogP contribution is 2.52. The molecule has 1 amide bonds. The average molecular weight is 801 g/mol. The molecule has 0 unspecified atom stereocenters. The summed E-state index contributed by atoms with van der Waals surface area (Å²) in [5.41, 5.74) is 6.30. The molecule has 1 saturated heterocycles. The van der Waals surface area contributed by atoms with E-state index in [0.717, 1.165) is 42.1 Å². The van der Waals surface area contributed by atoms with E-state index in [0.29, 0.717) is 59.6 Å². The van der Waals surface area contributed by atoms with E-state index in [9.17, 15) is 9.90 Å². The number of piperidine rings is 1. The average Bonchev–Trinajstić information content (AvgIpc) is 3.11. The van der Waals surface area contributed by atoms with Crippen LogP contribution in [0.2, 0.25) is 33.2 Å². The summed E-state index contributed by atoms with van der Waals surface area (Å²) in [7, 11) is -2.39. The number of amides is 1. The highest BCUT2D eigenvalue weighted by atomic mass is 32.4. The molecule has 0 aromatic heterocycles. The lowest BCUT2D eigenvalue weighted by Gasteiger charge is -2.50. The molecule has 1 N–H and O–H groups in total. The van der Waals surface area contributed by atoms with Crippen molar-refractivity contribution in [2.75, 3.05) is 51.4 Å². The number of carboxylic acid groups (broad SMARTS) is 1. The van der Waals surface area contributed by atoms with Crippen LogP contribution in [0.4, 0.5) is 10.5 Å². The van der Waals surface area contributed by atoms with Crippen LogP contribution in [-0.4, -0.2) is 90.4 Å². The minimum atomic E-state index is -2.39. The Labute approximate surface area is 333 Å². The maximum atomic E-state index is 12.8. The van der Waals surface area contributed by atoms with Crippen molar-refractivity contribution >= 4 is 38.5 Å². The molecule has 2 aliphatic heterocycles. The molecule has 1 fully saturated rings. The van der Waals surface area contributed by atoms with Crippen molar-refractivity contribution in [2.24, 2.45) is 0 Å². The van der Waals surface area contributed by atoms with Gasteiger partial charge in [-0.25, -0.2) is 4.79 Å². The number of ether oxygens (including phenoxy) is 3. The summed E-state index contributed by atoms with van der Waals surface area (Å²) in [6.45, 7) is 32.3. The summed E-state index contributed by atoms with van der Waals surface area (Å²) in [6, 6.07) is 15.5. The van der Waals surface area contributed by atoms with Crippen LogP contribution in [0.1, 0.15) is 107 Å². The monoisotopic (exact) mass is 800 g/mol. The highest BCUT2D eigenvalue weighted by Gasteiger charge is 2.51. The van der Waals surface area contributed by atoms with Gasteiger partial charge < -0.3 is 33.5 Å². The third-order valence-electron chi connectivity index (χ3n) is 12.4. The largest absolute Gasteiger partial charge is 0.490 e. The highest BCUT2D eigenvalue weighted by molar-refractivity contribution is 8.29. The van der Waals surface area contributed by atoms with Gasteiger partial charge in [-0.3, -0.25) is 0 Å². The van der Waals surface area contributed by atoms with Gasteiger partial charge in [-0.2, -0.15) is 11.2 Å². The summed E-state index contributed by atoms with van der Waals surface area (Å²) in [5, 5.41) is 10.5. The van der Waals surface area contributed by atoms with Crippen molar-refractivity contribution in [3.63, 3.8) is 0 Å². The zero-order chi connectivity index (χ0) is 40.0. The second-order valence-electron chi connectivity index (χ2n) is 17.5. The number of fused-ring (bicyclic) bond motifs is 1. The van der Waals surface area contributed by atoms with Crippen molar-refractivity contribution in [3.8, 4) is 5.75 Å². The molecule has 2 aromatic carbocycles. The Bertz CT molecular complexity index is 1440. The van der Waals surface area contributed by atoms with Gasteiger partial charge in [0.2, 0.25) is 8.32 Å². The molecule has 0 spiro atoms. The number of hydrogen-bond donors (Lipinski definition) is 1. The van der Waals surface area contributed by atoms with Crippen LogP contribution in [-0.2, 0) is 20.5 Å². The number of carbonyl (C=O) groups is 1. The summed E-state index contributed by atoms with van der Waals surface area (Å²) >= 11 is 2.14. The topological polar surface area (TPSA) is 80.7 Å². The van der Waals surface area contributed by atoms with Gasteiger partial charge in [-0.15, -0.1) is 0 Å². The quantitative estimate of drug-likeness (QED) is 0.118. The van der Waals surface area contributed by atoms with E-state index < -0.39 is 27.7 Å². The van der Waals surface area contributed by atoms with Gasteiger partial charge in [0.1, 0.15) is 19.6 Å². The second kappa shape index (κ2) is 19.4. The van der Waals surface area contributed by atoms with Crippen LogP contribution in [0.5, 0.6) is 5.75 Å². The van der Waals surface area contributed by atoms with E-state index in [1.54, 1.807) is 7.11 Å². The molecule has 2 heterocycles. The fourth-order valence-corrected chi connectivity index (χ4v) is 24.8. The summed E-state index contributed by atoms with van der Waals surface area (Å²) in [5.74, 6) is 0.759. The fourth-order valence-electron chi connectivity index (χ4n) is 10.1. The molecule has 0 radical (unpaired) electrons. The van der Waals surface area contributed by atoms with E-state index in [2.05, 4.69) is 136 Å². The van der Waals surface area contributed by atoms with Gasteiger partial charge in [0.05, 0.1) is 37.6 Å². The second-order valence-corrected chi connectivity index (χ2v) is 31.5. The molecule has 3 atom stereocenters. The molecule has 2 aromatic rings. The first-order valence-electron chi connectivity index (χ1n) is 20.5. The molecule has 54 heavy (non-hydrogen) atoms. The Morgan fingerprint density at radius 2 is 1.44 bits per heavy atom. The standard InChI is InChI=1S/C43H72N2O6SSi2/c1-29(2)53(30(3)4,31(5)6)51-41-27-45(43(46)47)26-40(50-28-35-15-20-39-38(25-35)44(22-24-49-39)21-14-23-48-13)42(41)36-16-18-37(19-17-36)52-54(32(7)8,33(9)10)34(11)12/h15-20,25,29-34,40-42H,14,21-24,26-28H2,1-13H3,(H,46,47)/t40-,41+,42+/m0/s1. The molecule has 0 bridgehead atoms. The van der Waals surface area contributed by atoms with E-state index in [4.69, 9.17) is 18.6 Å². The predicted molar refractivity (Wildman–Crippen MR) is 231 cm³/mol. The first-order valence-corrected chi connectivity index (χ1v) is 26.5. The Hall–Kier alpha value is -2.03. The number of benzene rings is 2. The van der Waals surface area contributed by atoms with Crippen LogP contribution >= 0.6 is 11.2 Å². The number of nitrogens with zero attached hydrogens (tertiary/aromatic N) is 2. The van der Waals surface area contributed by atoms with Crippen molar-refractivity contribution in [2.45, 2.75) is 152 Å². The molecule has 0 aliphatic carbocycles. The predicted octanol–water partition coefficient (Wildman–Crippen LogP) is 11.4. The van der Waals surface area contributed by atoms with E-state index >= 15 is 0 Å². The third kappa shape index (κ3) is 9.73. The number of methoxy groups -OCH3 is 1. The van der Waals surface area contributed by atoms with E-state index in [-0.39, 0.29) is 18.6 Å². The van der Waals surface area contributed by atoms with Gasteiger partial charge in [-0.1, -0.05) is 101 Å². The van der Waals surface area contributed by atoms with Gasteiger partial charge >= 0.3 is 6.09 Å². The van der Waals surface area contributed by atoms with Crippen LogP contribution in [0.15, 0.2) is 47.4 Å². The summed E-state index contributed by atoms with van der Waals surface area (Å²) in [4.78, 5) is 18.0. The maximum absolute atomic E-state index is 12.8. The zero-order valence-electron chi connectivity index (χ0n) is 35.7. The molecule has 8 nitrogen and oxygen atoms in total. The van der Waals surface area contributed by atoms with Crippen LogP contribution in [0.3, 0.4) is 0 Å².